The lowest BCUT2D eigenvalue weighted by molar-refractivity contribution is -0.219. The number of aryl methyl sites for hydroxylation is 1. The molecule has 0 aliphatic carbocycles. The Morgan fingerprint density at radius 1 is 0.923 bits per heavy atom. The SMILES string of the molecule is CCc1ccc(Cc2cc([C@@H]3O[C@H](C)[C@@H](O)[C@H](O)[C@H]3O)ccc2Cl)cc1. The Morgan fingerprint density at radius 2 is 1.58 bits per heavy atom. The zero-order chi connectivity index (χ0) is 18.8. The Balaban J connectivity index is 1.85. The van der Waals surface area contributed by atoms with Crippen LogP contribution < -0.4 is 0 Å². The molecule has 1 fully saturated rings. The summed E-state index contributed by atoms with van der Waals surface area (Å²) in [6, 6.07) is 13.9. The van der Waals surface area contributed by atoms with E-state index in [9.17, 15) is 15.3 Å². The molecule has 1 aliphatic heterocycles. The predicted octanol–water partition coefficient (Wildman–Crippen LogP) is 3.04. The molecule has 2 aromatic rings. The molecular weight excluding hydrogens is 352 g/mol. The van der Waals surface area contributed by atoms with E-state index in [1.165, 1.54) is 5.56 Å². The molecule has 0 saturated carbocycles. The first-order valence-electron chi connectivity index (χ1n) is 8.96. The van der Waals surface area contributed by atoms with Gasteiger partial charge < -0.3 is 20.1 Å². The third-order valence-electron chi connectivity index (χ3n) is 5.08. The molecular formula is C21H25ClO4. The molecule has 2 aromatic carbocycles. The second-order valence-corrected chi connectivity index (χ2v) is 7.34. The Labute approximate surface area is 159 Å². The summed E-state index contributed by atoms with van der Waals surface area (Å²) in [7, 11) is 0. The van der Waals surface area contributed by atoms with Crippen LogP contribution >= 0.6 is 11.6 Å². The smallest absolute Gasteiger partial charge is 0.113 e. The van der Waals surface area contributed by atoms with Crippen molar-refractivity contribution in [2.75, 3.05) is 0 Å². The standard InChI is InChI=1S/C21H25ClO4/c1-3-13-4-6-14(7-5-13)10-16-11-15(8-9-17(16)22)21-20(25)19(24)18(23)12(2)26-21/h4-9,11-12,18-21,23-25H,3,10H2,1-2H3/t12-,18-,19+,20-,21+/m1/s1. The summed E-state index contributed by atoms with van der Waals surface area (Å²) in [6.07, 6.45) is -3.16. The van der Waals surface area contributed by atoms with E-state index in [-0.39, 0.29) is 0 Å². The van der Waals surface area contributed by atoms with E-state index in [2.05, 4.69) is 31.2 Å². The summed E-state index contributed by atoms with van der Waals surface area (Å²) in [5.41, 5.74) is 4.10. The van der Waals surface area contributed by atoms with Gasteiger partial charge in [0, 0.05) is 5.02 Å². The van der Waals surface area contributed by atoms with Crippen LogP contribution in [0.1, 0.15) is 42.2 Å². The molecule has 5 atom stereocenters. The molecule has 0 radical (unpaired) electrons. The average Bonchev–Trinajstić information content (AvgIpc) is 2.65. The maximum absolute atomic E-state index is 10.3. The van der Waals surface area contributed by atoms with Gasteiger partial charge in [-0.05, 0) is 48.1 Å². The molecule has 1 saturated heterocycles. The molecule has 1 aliphatic rings. The topological polar surface area (TPSA) is 69.9 Å². The number of rotatable bonds is 4. The highest BCUT2D eigenvalue weighted by atomic mass is 35.5. The van der Waals surface area contributed by atoms with Gasteiger partial charge in [-0.1, -0.05) is 54.9 Å². The monoisotopic (exact) mass is 376 g/mol. The van der Waals surface area contributed by atoms with Gasteiger partial charge in [-0.15, -0.1) is 0 Å². The molecule has 0 amide bonds. The van der Waals surface area contributed by atoms with Crippen LogP contribution in [0, 0.1) is 0 Å². The van der Waals surface area contributed by atoms with Crippen LogP contribution in [0.5, 0.6) is 0 Å². The summed E-state index contributed by atoms with van der Waals surface area (Å²) < 4.78 is 5.74. The van der Waals surface area contributed by atoms with Gasteiger partial charge >= 0.3 is 0 Å². The number of aliphatic hydroxyl groups is 3. The average molecular weight is 377 g/mol. The minimum Gasteiger partial charge on any atom is -0.388 e. The van der Waals surface area contributed by atoms with Gasteiger partial charge in [-0.2, -0.15) is 0 Å². The lowest BCUT2D eigenvalue weighted by Gasteiger charge is -2.39. The van der Waals surface area contributed by atoms with Crippen LogP contribution in [0.3, 0.4) is 0 Å². The first kappa shape index (κ1) is 19.3. The lowest BCUT2D eigenvalue weighted by Crippen LogP contribution is -2.53. The van der Waals surface area contributed by atoms with Crippen molar-refractivity contribution in [1.29, 1.82) is 0 Å². The molecule has 1 heterocycles. The molecule has 3 N–H and O–H groups in total. The first-order chi connectivity index (χ1) is 12.4. The largest absolute Gasteiger partial charge is 0.388 e. The van der Waals surface area contributed by atoms with Crippen molar-refractivity contribution in [3.8, 4) is 0 Å². The Bertz CT molecular complexity index is 746. The van der Waals surface area contributed by atoms with Gasteiger partial charge in [-0.3, -0.25) is 0 Å². The van der Waals surface area contributed by atoms with Gasteiger partial charge in [0.15, 0.2) is 0 Å². The normalized spacial score (nSPS) is 28.9. The highest BCUT2D eigenvalue weighted by Crippen LogP contribution is 2.34. The van der Waals surface area contributed by atoms with Crippen LogP contribution in [0.25, 0.3) is 0 Å². The fourth-order valence-corrected chi connectivity index (χ4v) is 3.53. The van der Waals surface area contributed by atoms with E-state index in [0.717, 1.165) is 23.1 Å². The van der Waals surface area contributed by atoms with Crippen molar-refractivity contribution < 1.29 is 20.1 Å². The van der Waals surface area contributed by atoms with E-state index in [1.807, 2.05) is 6.07 Å². The number of hydrogen-bond donors (Lipinski definition) is 3. The summed E-state index contributed by atoms with van der Waals surface area (Å²) in [5, 5.41) is 30.9. The maximum atomic E-state index is 10.3. The van der Waals surface area contributed by atoms with Crippen LogP contribution in [0.2, 0.25) is 5.02 Å². The molecule has 0 unspecified atom stereocenters. The van der Waals surface area contributed by atoms with Crippen molar-refractivity contribution in [3.05, 3.63) is 69.7 Å². The van der Waals surface area contributed by atoms with E-state index in [1.54, 1.807) is 19.1 Å². The van der Waals surface area contributed by atoms with Gasteiger partial charge in [-0.25, -0.2) is 0 Å². The van der Waals surface area contributed by atoms with Gasteiger partial charge in [0.25, 0.3) is 0 Å². The molecule has 0 spiro atoms. The third-order valence-corrected chi connectivity index (χ3v) is 5.45. The Morgan fingerprint density at radius 3 is 2.23 bits per heavy atom. The molecule has 4 nitrogen and oxygen atoms in total. The second-order valence-electron chi connectivity index (χ2n) is 6.93. The first-order valence-corrected chi connectivity index (χ1v) is 9.34. The zero-order valence-corrected chi connectivity index (χ0v) is 15.7. The summed E-state index contributed by atoms with van der Waals surface area (Å²) >= 11 is 6.37. The van der Waals surface area contributed by atoms with Gasteiger partial charge in [0.05, 0.1) is 6.10 Å². The van der Waals surface area contributed by atoms with E-state index in [0.29, 0.717) is 11.4 Å². The van der Waals surface area contributed by atoms with Crippen LogP contribution in [0.15, 0.2) is 42.5 Å². The Hall–Kier alpha value is -1.43. The molecule has 140 valence electrons. The highest BCUT2D eigenvalue weighted by molar-refractivity contribution is 6.31. The highest BCUT2D eigenvalue weighted by Gasteiger charge is 2.42. The van der Waals surface area contributed by atoms with Crippen molar-refractivity contribution in [1.82, 2.24) is 0 Å². The van der Waals surface area contributed by atoms with Crippen LogP contribution in [0.4, 0.5) is 0 Å². The zero-order valence-electron chi connectivity index (χ0n) is 15.0. The Kier molecular flexibility index (Phi) is 6.00. The third kappa shape index (κ3) is 3.95. The molecule has 0 bridgehead atoms. The maximum Gasteiger partial charge on any atom is 0.113 e. The van der Waals surface area contributed by atoms with E-state index >= 15 is 0 Å². The lowest BCUT2D eigenvalue weighted by atomic mass is 9.90. The predicted molar refractivity (Wildman–Crippen MR) is 101 cm³/mol. The van der Waals surface area contributed by atoms with Crippen molar-refractivity contribution in [2.45, 2.75) is 57.2 Å². The summed E-state index contributed by atoms with van der Waals surface area (Å²) in [6.45, 7) is 3.80. The minimum atomic E-state index is -1.25. The van der Waals surface area contributed by atoms with Crippen LogP contribution in [-0.2, 0) is 17.6 Å². The molecule has 26 heavy (non-hydrogen) atoms. The molecule has 0 aromatic heterocycles. The van der Waals surface area contributed by atoms with Gasteiger partial charge in [0.2, 0.25) is 0 Å². The number of hydrogen-bond acceptors (Lipinski definition) is 4. The van der Waals surface area contributed by atoms with Crippen molar-refractivity contribution >= 4 is 11.6 Å². The molecule has 3 rings (SSSR count). The number of halogens is 1. The quantitative estimate of drug-likeness (QED) is 0.767. The number of aliphatic hydroxyl groups excluding tert-OH is 3. The van der Waals surface area contributed by atoms with Crippen molar-refractivity contribution in [2.24, 2.45) is 0 Å². The second kappa shape index (κ2) is 8.07. The van der Waals surface area contributed by atoms with E-state index in [4.69, 9.17) is 16.3 Å². The van der Waals surface area contributed by atoms with Crippen molar-refractivity contribution in [3.63, 3.8) is 0 Å². The van der Waals surface area contributed by atoms with E-state index < -0.39 is 30.5 Å². The fourth-order valence-electron chi connectivity index (χ4n) is 3.35. The minimum absolute atomic E-state index is 0.570. The molecule has 5 heteroatoms. The number of benzene rings is 2. The van der Waals surface area contributed by atoms with Crippen LogP contribution in [-0.4, -0.2) is 39.7 Å². The fraction of sp³-hybridized carbons (Fsp3) is 0.429. The summed E-state index contributed by atoms with van der Waals surface area (Å²) in [5.74, 6) is 0. The number of ether oxygens (including phenoxy) is 1. The summed E-state index contributed by atoms with van der Waals surface area (Å²) in [4.78, 5) is 0. The van der Waals surface area contributed by atoms with Gasteiger partial charge in [0.1, 0.15) is 24.4 Å².